The molecule has 0 fully saturated rings. The minimum absolute atomic E-state index is 0.426. The Morgan fingerprint density at radius 1 is 1.35 bits per heavy atom. The van der Waals surface area contributed by atoms with Crippen LogP contribution in [0.15, 0.2) is 12.1 Å². The maximum absolute atomic E-state index is 6.39. The number of fused-ring (bicyclic) bond motifs is 1. The van der Waals surface area contributed by atoms with Crippen molar-refractivity contribution in [2.75, 3.05) is 26.1 Å². The molecule has 1 aliphatic heterocycles. The zero-order valence-electron chi connectivity index (χ0n) is 11.1. The molecule has 0 bridgehead atoms. The van der Waals surface area contributed by atoms with Crippen LogP contribution in [0.2, 0.25) is 5.02 Å². The Bertz CT molecular complexity index is 650. The Morgan fingerprint density at radius 3 is 2.75 bits per heavy atom. The van der Waals surface area contributed by atoms with Gasteiger partial charge in [-0.25, -0.2) is 0 Å². The fourth-order valence-corrected chi connectivity index (χ4v) is 2.44. The van der Waals surface area contributed by atoms with E-state index >= 15 is 0 Å². The van der Waals surface area contributed by atoms with E-state index in [4.69, 9.17) is 31.5 Å². The maximum Gasteiger partial charge on any atom is 0.172 e. The van der Waals surface area contributed by atoms with Gasteiger partial charge in [0.05, 0.1) is 23.4 Å². The highest BCUT2D eigenvalue weighted by Crippen LogP contribution is 2.48. The highest BCUT2D eigenvalue weighted by atomic mass is 35.5. The first-order valence-electron chi connectivity index (χ1n) is 6.07. The molecule has 1 aliphatic rings. The van der Waals surface area contributed by atoms with Crippen molar-refractivity contribution in [3.63, 3.8) is 0 Å². The minimum Gasteiger partial charge on any atom is -0.495 e. The van der Waals surface area contributed by atoms with Gasteiger partial charge in [0.1, 0.15) is 24.8 Å². The summed E-state index contributed by atoms with van der Waals surface area (Å²) in [7, 11) is 3.31. The molecule has 1 aromatic carbocycles. The van der Waals surface area contributed by atoms with Gasteiger partial charge in [0, 0.05) is 19.2 Å². The van der Waals surface area contributed by atoms with E-state index in [1.165, 1.54) is 0 Å². The molecule has 6 nitrogen and oxygen atoms in total. The van der Waals surface area contributed by atoms with E-state index in [1.807, 2.05) is 0 Å². The van der Waals surface area contributed by atoms with Gasteiger partial charge in [-0.3, -0.25) is 4.68 Å². The average Bonchev–Trinajstić information content (AvgIpc) is 2.77. The molecule has 106 valence electrons. The minimum atomic E-state index is 0.426. The molecule has 0 spiro atoms. The Kier molecular flexibility index (Phi) is 3.10. The molecule has 3 rings (SSSR count). The van der Waals surface area contributed by atoms with Crippen molar-refractivity contribution in [1.82, 2.24) is 9.78 Å². The van der Waals surface area contributed by atoms with E-state index in [2.05, 4.69) is 5.10 Å². The Labute approximate surface area is 121 Å². The summed E-state index contributed by atoms with van der Waals surface area (Å²) in [6, 6.07) is 3.45. The summed E-state index contributed by atoms with van der Waals surface area (Å²) in [5.41, 5.74) is 7.08. The number of aryl methyl sites for hydroxylation is 1. The SMILES string of the molecule is COc1cc2c(c(-c3cc(N)n(C)n3)c1Cl)OCCO2. The molecule has 0 saturated heterocycles. The molecule has 7 heteroatoms. The van der Waals surface area contributed by atoms with Gasteiger partial charge in [-0.15, -0.1) is 0 Å². The first-order valence-corrected chi connectivity index (χ1v) is 6.45. The first-order chi connectivity index (χ1) is 9.61. The van der Waals surface area contributed by atoms with Crippen LogP contribution >= 0.6 is 11.6 Å². The molecule has 1 aromatic heterocycles. The lowest BCUT2D eigenvalue weighted by atomic mass is 10.1. The number of rotatable bonds is 2. The number of nitrogens with zero attached hydrogens (tertiary/aromatic N) is 2. The molecule has 2 aromatic rings. The molecule has 2 N–H and O–H groups in total. The van der Waals surface area contributed by atoms with E-state index < -0.39 is 0 Å². The number of nitrogen functional groups attached to an aromatic ring is 1. The average molecular weight is 296 g/mol. The molecule has 0 aliphatic carbocycles. The fourth-order valence-electron chi connectivity index (χ4n) is 2.12. The van der Waals surface area contributed by atoms with Gasteiger partial charge >= 0.3 is 0 Å². The topological polar surface area (TPSA) is 71.5 Å². The van der Waals surface area contributed by atoms with Crippen molar-refractivity contribution in [3.05, 3.63) is 17.2 Å². The van der Waals surface area contributed by atoms with Crippen molar-refractivity contribution < 1.29 is 14.2 Å². The Hall–Kier alpha value is -2.08. The molecule has 0 atom stereocenters. The summed E-state index contributed by atoms with van der Waals surface area (Å²) < 4.78 is 18.1. The summed E-state index contributed by atoms with van der Waals surface area (Å²) in [6.07, 6.45) is 0. The van der Waals surface area contributed by atoms with Crippen LogP contribution in [-0.2, 0) is 7.05 Å². The Balaban J connectivity index is 2.26. The zero-order chi connectivity index (χ0) is 14.3. The molecule has 0 unspecified atom stereocenters. The van der Waals surface area contributed by atoms with Crippen LogP contribution in [0.3, 0.4) is 0 Å². The number of hydrogen-bond acceptors (Lipinski definition) is 5. The van der Waals surface area contributed by atoms with Crippen molar-refractivity contribution >= 4 is 17.4 Å². The van der Waals surface area contributed by atoms with E-state index in [9.17, 15) is 0 Å². The summed E-state index contributed by atoms with van der Waals surface area (Å²) in [6.45, 7) is 0.951. The van der Waals surface area contributed by atoms with Crippen LogP contribution < -0.4 is 19.9 Å². The maximum atomic E-state index is 6.39. The molecule has 0 amide bonds. The summed E-state index contributed by atoms with van der Waals surface area (Å²) in [5, 5.41) is 4.77. The van der Waals surface area contributed by atoms with Crippen LogP contribution in [0.25, 0.3) is 11.3 Å². The number of aromatic nitrogens is 2. The second kappa shape index (κ2) is 4.79. The van der Waals surface area contributed by atoms with Crippen molar-refractivity contribution in [2.24, 2.45) is 7.05 Å². The lowest BCUT2D eigenvalue weighted by Gasteiger charge is -2.22. The molecule has 0 saturated carbocycles. The van der Waals surface area contributed by atoms with E-state index in [1.54, 1.807) is 31.0 Å². The van der Waals surface area contributed by atoms with Crippen LogP contribution in [0.4, 0.5) is 5.82 Å². The molecule has 20 heavy (non-hydrogen) atoms. The second-order valence-corrected chi connectivity index (χ2v) is 4.75. The van der Waals surface area contributed by atoms with Crippen LogP contribution in [-0.4, -0.2) is 30.1 Å². The third kappa shape index (κ3) is 1.92. The van der Waals surface area contributed by atoms with E-state index in [-0.39, 0.29) is 0 Å². The number of halogens is 1. The van der Waals surface area contributed by atoms with Crippen molar-refractivity contribution in [3.8, 4) is 28.5 Å². The van der Waals surface area contributed by atoms with Crippen molar-refractivity contribution in [2.45, 2.75) is 0 Å². The summed E-state index contributed by atoms with van der Waals surface area (Å²) >= 11 is 6.39. The van der Waals surface area contributed by atoms with Crippen molar-refractivity contribution in [1.29, 1.82) is 0 Å². The number of nitrogens with two attached hydrogens (primary N) is 1. The fraction of sp³-hybridized carbons (Fsp3) is 0.308. The lowest BCUT2D eigenvalue weighted by Crippen LogP contribution is -2.16. The molecule has 2 heterocycles. The van der Waals surface area contributed by atoms with Crippen LogP contribution in [0.5, 0.6) is 17.2 Å². The van der Waals surface area contributed by atoms with Crippen LogP contribution in [0, 0.1) is 0 Å². The lowest BCUT2D eigenvalue weighted by molar-refractivity contribution is 0.171. The van der Waals surface area contributed by atoms with Gasteiger partial charge in [-0.05, 0) is 0 Å². The highest BCUT2D eigenvalue weighted by Gasteiger charge is 2.25. The van der Waals surface area contributed by atoms with Gasteiger partial charge in [-0.2, -0.15) is 5.10 Å². The second-order valence-electron chi connectivity index (χ2n) is 4.37. The van der Waals surface area contributed by atoms with E-state index in [0.717, 1.165) is 0 Å². The number of methoxy groups -OCH3 is 1. The monoisotopic (exact) mass is 295 g/mol. The molecule has 0 radical (unpaired) electrons. The largest absolute Gasteiger partial charge is 0.495 e. The predicted molar refractivity (Wildman–Crippen MR) is 75.6 cm³/mol. The van der Waals surface area contributed by atoms with Gasteiger partial charge in [0.15, 0.2) is 11.5 Å². The van der Waals surface area contributed by atoms with Gasteiger partial charge in [-0.1, -0.05) is 11.6 Å². The third-order valence-corrected chi connectivity index (χ3v) is 3.50. The Morgan fingerprint density at radius 2 is 2.10 bits per heavy atom. The highest BCUT2D eigenvalue weighted by molar-refractivity contribution is 6.35. The first kappa shape index (κ1) is 12.9. The summed E-state index contributed by atoms with van der Waals surface area (Å²) in [5.74, 6) is 2.20. The number of anilines is 1. The quantitative estimate of drug-likeness (QED) is 0.918. The normalized spacial score (nSPS) is 13.3. The van der Waals surface area contributed by atoms with E-state index in [0.29, 0.717) is 52.6 Å². The van der Waals surface area contributed by atoms with Gasteiger partial charge in [0.25, 0.3) is 0 Å². The number of ether oxygens (including phenoxy) is 3. The third-order valence-electron chi connectivity index (χ3n) is 3.13. The van der Waals surface area contributed by atoms with Gasteiger partial charge < -0.3 is 19.9 Å². The molecular formula is C13H14ClN3O3. The van der Waals surface area contributed by atoms with Crippen LogP contribution in [0.1, 0.15) is 0 Å². The van der Waals surface area contributed by atoms with Gasteiger partial charge in [0.2, 0.25) is 0 Å². The predicted octanol–water partition coefficient (Wildman–Crippen LogP) is 2.10. The smallest absolute Gasteiger partial charge is 0.172 e. The number of hydrogen-bond donors (Lipinski definition) is 1. The molecular weight excluding hydrogens is 282 g/mol. The standard InChI is InChI=1S/C13H14ClN3O3/c1-17-10(15)5-7(16-17)11-12(14)8(18-2)6-9-13(11)20-4-3-19-9/h5-6H,3-4,15H2,1-2H3. The summed E-state index contributed by atoms with van der Waals surface area (Å²) in [4.78, 5) is 0. The number of benzene rings is 1. The zero-order valence-corrected chi connectivity index (χ0v) is 11.9.